The summed E-state index contributed by atoms with van der Waals surface area (Å²) < 4.78 is 5.09. The second-order valence-electron chi connectivity index (χ2n) is 5.29. The molecule has 1 heterocycles. The van der Waals surface area contributed by atoms with Crippen LogP contribution in [0.2, 0.25) is 5.02 Å². The van der Waals surface area contributed by atoms with Gasteiger partial charge in [-0.2, -0.15) is 0 Å². The highest BCUT2D eigenvalue weighted by atomic mass is 35.5. The fourth-order valence-corrected chi connectivity index (χ4v) is 2.68. The van der Waals surface area contributed by atoms with Crippen LogP contribution >= 0.6 is 11.6 Å². The summed E-state index contributed by atoms with van der Waals surface area (Å²) >= 11 is 5.95. The molecule has 0 radical (unpaired) electrons. The third kappa shape index (κ3) is 3.14. The van der Waals surface area contributed by atoms with Gasteiger partial charge in [-0.25, -0.2) is 4.79 Å². The van der Waals surface area contributed by atoms with E-state index in [2.05, 4.69) is 5.32 Å². The number of hydrogen-bond donors (Lipinski definition) is 2. The van der Waals surface area contributed by atoms with Gasteiger partial charge in [0.1, 0.15) is 5.76 Å². The zero-order chi connectivity index (χ0) is 15.7. The second kappa shape index (κ2) is 5.85. The first-order valence-corrected chi connectivity index (χ1v) is 7.27. The van der Waals surface area contributed by atoms with Crippen LogP contribution in [0.1, 0.15) is 34.2 Å². The molecular weight excluding hydrogens is 306 g/mol. The van der Waals surface area contributed by atoms with Gasteiger partial charge in [0.15, 0.2) is 0 Å². The predicted octanol–water partition coefficient (Wildman–Crippen LogP) is 3.05. The van der Waals surface area contributed by atoms with Crippen molar-refractivity contribution in [3.8, 4) is 0 Å². The van der Waals surface area contributed by atoms with Gasteiger partial charge in [-0.05, 0) is 42.2 Å². The van der Waals surface area contributed by atoms with Crippen LogP contribution in [0.5, 0.6) is 0 Å². The summed E-state index contributed by atoms with van der Waals surface area (Å²) in [7, 11) is 0. The molecule has 1 fully saturated rings. The molecule has 22 heavy (non-hydrogen) atoms. The first-order chi connectivity index (χ1) is 10.5. The molecule has 114 valence electrons. The van der Waals surface area contributed by atoms with Crippen molar-refractivity contribution >= 4 is 23.5 Å². The zero-order valence-electron chi connectivity index (χ0n) is 11.6. The van der Waals surface area contributed by atoms with Crippen LogP contribution in [0.4, 0.5) is 0 Å². The number of hydrogen-bond acceptors (Lipinski definition) is 3. The number of nitrogens with one attached hydrogen (secondary N) is 1. The number of carbonyl (C=O) groups is 2. The number of rotatable bonds is 5. The number of carbonyl (C=O) groups excluding carboxylic acids is 1. The lowest BCUT2D eigenvalue weighted by Gasteiger charge is -2.03. The van der Waals surface area contributed by atoms with Crippen molar-refractivity contribution in [2.75, 3.05) is 0 Å². The van der Waals surface area contributed by atoms with Crippen LogP contribution < -0.4 is 5.32 Å². The summed E-state index contributed by atoms with van der Waals surface area (Å²) in [5.41, 5.74) is 1.07. The van der Waals surface area contributed by atoms with Gasteiger partial charge in [0, 0.05) is 10.9 Å². The van der Waals surface area contributed by atoms with Crippen molar-refractivity contribution in [3.05, 3.63) is 58.5 Å². The number of amides is 1. The quantitative estimate of drug-likeness (QED) is 0.887. The maximum atomic E-state index is 12.1. The van der Waals surface area contributed by atoms with Crippen molar-refractivity contribution in [2.24, 2.45) is 5.92 Å². The summed E-state index contributed by atoms with van der Waals surface area (Å²) in [6.45, 7) is 0.185. The molecule has 1 aliphatic carbocycles. The summed E-state index contributed by atoms with van der Waals surface area (Å²) in [5, 5.41) is 12.2. The molecule has 2 atom stereocenters. The van der Waals surface area contributed by atoms with E-state index in [4.69, 9.17) is 21.1 Å². The number of furan rings is 1. The van der Waals surface area contributed by atoms with E-state index in [1.165, 1.54) is 6.07 Å². The van der Waals surface area contributed by atoms with E-state index >= 15 is 0 Å². The Kier molecular flexibility index (Phi) is 3.90. The molecule has 1 aromatic carbocycles. The smallest absolute Gasteiger partial charge is 0.371 e. The Morgan fingerprint density at radius 2 is 2.14 bits per heavy atom. The lowest BCUT2D eigenvalue weighted by Crippen LogP contribution is -2.24. The van der Waals surface area contributed by atoms with Crippen LogP contribution in [0.3, 0.4) is 0 Å². The Hall–Kier alpha value is -2.27. The molecule has 3 rings (SSSR count). The molecule has 0 unspecified atom stereocenters. The molecule has 5 nitrogen and oxygen atoms in total. The van der Waals surface area contributed by atoms with Gasteiger partial charge in [-0.1, -0.05) is 23.7 Å². The highest BCUT2D eigenvalue weighted by molar-refractivity contribution is 6.30. The molecule has 1 aliphatic rings. The van der Waals surface area contributed by atoms with Gasteiger partial charge in [0.25, 0.3) is 0 Å². The molecule has 1 amide bonds. The average Bonchev–Trinajstić information content (AvgIpc) is 3.15. The van der Waals surface area contributed by atoms with Gasteiger partial charge in [-0.3, -0.25) is 4.79 Å². The largest absolute Gasteiger partial charge is 0.475 e. The highest BCUT2D eigenvalue weighted by Crippen LogP contribution is 2.47. The van der Waals surface area contributed by atoms with E-state index in [9.17, 15) is 9.59 Å². The van der Waals surface area contributed by atoms with Crippen molar-refractivity contribution in [2.45, 2.75) is 18.9 Å². The van der Waals surface area contributed by atoms with Crippen LogP contribution in [-0.2, 0) is 11.3 Å². The lowest BCUT2D eigenvalue weighted by molar-refractivity contribution is -0.122. The monoisotopic (exact) mass is 319 g/mol. The average molecular weight is 320 g/mol. The van der Waals surface area contributed by atoms with E-state index in [0.29, 0.717) is 10.8 Å². The molecular formula is C16H14ClNO4. The third-order valence-corrected chi connectivity index (χ3v) is 3.95. The number of carboxylic acids is 1. The molecule has 0 bridgehead atoms. The maximum absolute atomic E-state index is 12.1. The fraction of sp³-hybridized carbons (Fsp3) is 0.250. The molecule has 6 heteroatoms. The van der Waals surface area contributed by atoms with E-state index in [1.54, 1.807) is 12.1 Å². The number of benzene rings is 1. The Bertz CT molecular complexity index is 724. The van der Waals surface area contributed by atoms with E-state index < -0.39 is 5.97 Å². The van der Waals surface area contributed by atoms with Crippen molar-refractivity contribution in [3.63, 3.8) is 0 Å². The first kappa shape index (κ1) is 14.7. The van der Waals surface area contributed by atoms with E-state index in [1.807, 2.05) is 18.2 Å². The molecule has 0 saturated heterocycles. The second-order valence-corrected chi connectivity index (χ2v) is 5.73. The third-order valence-electron chi connectivity index (χ3n) is 3.71. The minimum Gasteiger partial charge on any atom is -0.475 e. The van der Waals surface area contributed by atoms with Gasteiger partial charge in [-0.15, -0.1) is 0 Å². The Balaban J connectivity index is 1.54. The standard InChI is InChI=1S/C16H14ClNO4/c17-10-3-1-2-9(6-10)12-7-13(12)15(19)18-8-11-4-5-14(22-11)16(20)21/h1-6,12-13H,7-8H2,(H,18,19)(H,20,21)/t12-,13+/m0/s1. The summed E-state index contributed by atoms with van der Waals surface area (Å²) in [6, 6.07) is 10.4. The Morgan fingerprint density at radius 1 is 1.32 bits per heavy atom. The van der Waals surface area contributed by atoms with Gasteiger partial charge < -0.3 is 14.8 Å². The SMILES string of the molecule is O=C(O)c1ccc(CNC(=O)[C@@H]2C[C@H]2c2cccc(Cl)c2)o1. The summed E-state index contributed by atoms with van der Waals surface area (Å²) in [6.07, 6.45) is 0.796. The molecule has 0 spiro atoms. The van der Waals surface area contributed by atoms with Gasteiger partial charge in [0.05, 0.1) is 6.54 Å². The topological polar surface area (TPSA) is 79.5 Å². The molecule has 1 aromatic heterocycles. The molecule has 0 aliphatic heterocycles. The van der Waals surface area contributed by atoms with Crippen LogP contribution in [0.25, 0.3) is 0 Å². The Labute approximate surface area is 131 Å². The lowest BCUT2D eigenvalue weighted by atomic mass is 10.1. The zero-order valence-corrected chi connectivity index (χ0v) is 12.3. The molecule has 2 N–H and O–H groups in total. The van der Waals surface area contributed by atoms with Crippen molar-refractivity contribution < 1.29 is 19.1 Å². The van der Waals surface area contributed by atoms with E-state index in [0.717, 1.165) is 12.0 Å². The van der Waals surface area contributed by atoms with Crippen LogP contribution in [0.15, 0.2) is 40.8 Å². The summed E-state index contributed by atoms with van der Waals surface area (Å²) in [5.74, 6) is -0.755. The first-order valence-electron chi connectivity index (χ1n) is 6.90. The van der Waals surface area contributed by atoms with Gasteiger partial charge >= 0.3 is 5.97 Å². The van der Waals surface area contributed by atoms with Gasteiger partial charge in [0.2, 0.25) is 11.7 Å². The summed E-state index contributed by atoms with van der Waals surface area (Å²) in [4.78, 5) is 22.8. The van der Waals surface area contributed by atoms with Crippen LogP contribution in [0, 0.1) is 5.92 Å². The normalized spacial score (nSPS) is 19.7. The minimum atomic E-state index is -1.12. The number of aromatic carboxylic acids is 1. The predicted molar refractivity (Wildman–Crippen MR) is 79.8 cm³/mol. The van der Waals surface area contributed by atoms with Crippen molar-refractivity contribution in [1.82, 2.24) is 5.32 Å². The molecule has 1 saturated carbocycles. The minimum absolute atomic E-state index is 0.0572. The van der Waals surface area contributed by atoms with Crippen molar-refractivity contribution in [1.29, 1.82) is 0 Å². The maximum Gasteiger partial charge on any atom is 0.371 e. The number of halogens is 1. The Morgan fingerprint density at radius 3 is 2.82 bits per heavy atom. The highest BCUT2D eigenvalue weighted by Gasteiger charge is 2.43. The molecule has 2 aromatic rings. The van der Waals surface area contributed by atoms with Crippen LogP contribution in [-0.4, -0.2) is 17.0 Å². The fourth-order valence-electron chi connectivity index (χ4n) is 2.48. The number of carboxylic acid groups (broad SMARTS) is 1. The van der Waals surface area contributed by atoms with E-state index in [-0.39, 0.29) is 30.0 Å².